The molecule has 2 heteroatoms. The molecule has 0 spiro atoms. The van der Waals surface area contributed by atoms with E-state index < -0.39 is 0 Å². The van der Waals surface area contributed by atoms with Gasteiger partial charge in [0, 0.05) is 6.08 Å². The van der Waals surface area contributed by atoms with Gasteiger partial charge >= 0.3 is 5.97 Å². The van der Waals surface area contributed by atoms with Crippen molar-refractivity contribution in [2.24, 2.45) is 5.41 Å². The average Bonchev–Trinajstić information content (AvgIpc) is 2.08. The zero-order valence-electron chi connectivity index (χ0n) is 7.47. The minimum absolute atomic E-state index is 0.0394. The van der Waals surface area contributed by atoms with Crippen molar-refractivity contribution < 1.29 is 9.53 Å². The second kappa shape index (κ2) is 2.36. The molecule has 0 aromatic heterocycles. The predicted molar refractivity (Wildman–Crippen MR) is 43.1 cm³/mol. The van der Waals surface area contributed by atoms with E-state index in [2.05, 4.69) is 20.8 Å². The standard InChI is InChI=1S/C9H14O2/c1-6-7(9(2,3)4)5-8(10)11-6/h5-6H,1-4H3/t6-/m0/s1. The highest BCUT2D eigenvalue weighted by molar-refractivity contribution is 5.86. The Labute approximate surface area is 67.2 Å². The van der Waals surface area contributed by atoms with Crippen molar-refractivity contribution in [3.63, 3.8) is 0 Å². The van der Waals surface area contributed by atoms with Crippen LogP contribution in [0.3, 0.4) is 0 Å². The van der Waals surface area contributed by atoms with Gasteiger partial charge in [-0.25, -0.2) is 4.79 Å². The number of carbonyl (C=O) groups excluding carboxylic acids is 1. The molecule has 0 N–H and O–H groups in total. The fraction of sp³-hybridized carbons (Fsp3) is 0.667. The van der Waals surface area contributed by atoms with Gasteiger partial charge in [-0.15, -0.1) is 0 Å². The fourth-order valence-corrected chi connectivity index (χ4v) is 1.34. The SMILES string of the molecule is C[C@@H]1OC(=O)C=C1C(C)(C)C. The maximum absolute atomic E-state index is 10.8. The van der Waals surface area contributed by atoms with E-state index in [1.54, 1.807) is 6.08 Å². The first-order chi connectivity index (χ1) is 4.91. The van der Waals surface area contributed by atoms with Gasteiger partial charge < -0.3 is 4.74 Å². The van der Waals surface area contributed by atoms with Crippen molar-refractivity contribution in [1.82, 2.24) is 0 Å². The second-order valence-corrected chi connectivity index (χ2v) is 3.93. The molecule has 0 aliphatic carbocycles. The van der Waals surface area contributed by atoms with Gasteiger partial charge in [0.2, 0.25) is 0 Å². The molecule has 1 aliphatic rings. The van der Waals surface area contributed by atoms with Gasteiger partial charge in [0.05, 0.1) is 0 Å². The molecule has 0 aromatic carbocycles. The topological polar surface area (TPSA) is 26.3 Å². The van der Waals surface area contributed by atoms with Crippen molar-refractivity contribution in [2.45, 2.75) is 33.8 Å². The first-order valence-corrected chi connectivity index (χ1v) is 3.84. The first kappa shape index (κ1) is 8.31. The van der Waals surface area contributed by atoms with E-state index in [4.69, 9.17) is 4.74 Å². The van der Waals surface area contributed by atoms with E-state index >= 15 is 0 Å². The molecule has 2 nitrogen and oxygen atoms in total. The molecule has 0 unspecified atom stereocenters. The van der Waals surface area contributed by atoms with Crippen LogP contribution in [0.25, 0.3) is 0 Å². The first-order valence-electron chi connectivity index (χ1n) is 3.84. The Morgan fingerprint density at radius 1 is 1.45 bits per heavy atom. The molecule has 1 aliphatic heterocycles. The quantitative estimate of drug-likeness (QED) is 0.498. The third kappa shape index (κ3) is 1.62. The average molecular weight is 154 g/mol. The fourth-order valence-electron chi connectivity index (χ4n) is 1.34. The number of hydrogen-bond acceptors (Lipinski definition) is 2. The lowest BCUT2D eigenvalue weighted by Crippen LogP contribution is -2.17. The van der Waals surface area contributed by atoms with E-state index in [-0.39, 0.29) is 17.5 Å². The van der Waals surface area contributed by atoms with E-state index in [9.17, 15) is 4.79 Å². The van der Waals surface area contributed by atoms with Gasteiger partial charge in [0.25, 0.3) is 0 Å². The lowest BCUT2D eigenvalue weighted by molar-refractivity contribution is -0.138. The Morgan fingerprint density at radius 2 is 2.00 bits per heavy atom. The molecule has 1 rings (SSSR count). The molecule has 0 saturated carbocycles. The number of rotatable bonds is 0. The Balaban J connectivity index is 2.88. The summed E-state index contributed by atoms with van der Waals surface area (Å²) < 4.78 is 4.97. The maximum Gasteiger partial charge on any atom is 0.331 e. The van der Waals surface area contributed by atoms with Gasteiger partial charge in [0.15, 0.2) is 0 Å². The van der Waals surface area contributed by atoms with Crippen molar-refractivity contribution in [2.75, 3.05) is 0 Å². The molecule has 0 saturated heterocycles. The monoisotopic (exact) mass is 154 g/mol. The van der Waals surface area contributed by atoms with Gasteiger partial charge in [-0.2, -0.15) is 0 Å². The third-order valence-electron chi connectivity index (χ3n) is 1.87. The van der Waals surface area contributed by atoms with E-state index in [1.807, 2.05) is 6.92 Å². The van der Waals surface area contributed by atoms with Crippen LogP contribution in [-0.4, -0.2) is 12.1 Å². The summed E-state index contributed by atoms with van der Waals surface area (Å²) in [5.74, 6) is -0.206. The summed E-state index contributed by atoms with van der Waals surface area (Å²) >= 11 is 0. The van der Waals surface area contributed by atoms with E-state index in [1.165, 1.54) is 0 Å². The Bertz CT molecular complexity index is 208. The smallest absolute Gasteiger partial charge is 0.331 e. The summed E-state index contributed by atoms with van der Waals surface area (Å²) in [6, 6.07) is 0. The lowest BCUT2D eigenvalue weighted by Gasteiger charge is -2.22. The molecule has 11 heavy (non-hydrogen) atoms. The van der Waals surface area contributed by atoms with Crippen LogP contribution >= 0.6 is 0 Å². The highest BCUT2D eigenvalue weighted by Gasteiger charge is 2.30. The van der Waals surface area contributed by atoms with Crippen LogP contribution in [0.15, 0.2) is 11.6 Å². The Kier molecular flexibility index (Phi) is 1.78. The van der Waals surface area contributed by atoms with Crippen LogP contribution in [0.5, 0.6) is 0 Å². The summed E-state index contributed by atoms with van der Waals surface area (Å²) in [5, 5.41) is 0. The molecule has 0 bridgehead atoms. The zero-order valence-corrected chi connectivity index (χ0v) is 7.47. The van der Waals surface area contributed by atoms with Crippen molar-refractivity contribution in [3.8, 4) is 0 Å². The van der Waals surface area contributed by atoms with E-state index in [0.717, 1.165) is 5.57 Å². The number of carbonyl (C=O) groups is 1. The minimum atomic E-state index is -0.206. The molecule has 1 atom stereocenters. The van der Waals surface area contributed by atoms with Crippen molar-refractivity contribution >= 4 is 5.97 Å². The van der Waals surface area contributed by atoms with Crippen molar-refractivity contribution in [3.05, 3.63) is 11.6 Å². The lowest BCUT2D eigenvalue weighted by atomic mass is 9.84. The summed E-state index contributed by atoms with van der Waals surface area (Å²) in [7, 11) is 0. The summed E-state index contributed by atoms with van der Waals surface area (Å²) in [4.78, 5) is 10.8. The Morgan fingerprint density at radius 3 is 2.18 bits per heavy atom. The van der Waals surface area contributed by atoms with Gasteiger partial charge in [-0.05, 0) is 17.9 Å². The zero-order chi connectivity index (χ0) is 8.65. The highest BCUT2D eigenvalue weighted by atomic mass is 16.5. The predicted octanol–water partition coefficient (Wildman–Crippen LogP) is 1.90. The van der Waals surface area contributed by atoms with Crippen LogP contribution < -0.4 is 0 Å². The number of ether oxygens (including phenoxy) is 1. The highest BCUT2D eigenvalue weighted by Crippen LogP contribution is 2.32. The van der Waals surface area contributed by atoms with Crippen LogP contribution in [0.1, 0.15) is 27.7 Å². The van der Waals surface area contributed by atoms with Crippen molar-refractivity contribution in [1.29, 1.82) is 0 Å². The minimum Gasteiger partial charge on any atom is -0.455 e. The molecular formula is C9H14O2. The number of cyclic esters (lactones) is 1. The molecular weight excluding hydrogens is 140 g/mol. The maximum atomic E-state index is 10.8. The molecule has 0 aromatic rings. The summed E-state index contributed by atoms with van der Waals surface area (Å²) in [6.07, 6.45) is 1.56. The van der Waals surface area contributed by atoms with Gasteiger partial charge in [-0.1, -0.05) is 20.8 Å². The second-order valence-electron chi connectivity index (χ2n) is 3.93. The van der Waals surface area contributed by atoms with E-state index in [0.29, 0.717) is 0 Å². The molecule has 1 heterocycles. The molecule has 62 valence electrons. The van der Waals surface area contributed by atoms with Crippen LogP contribution in [0.4, 0.5) is 0 Å². The van der Waals surface area contributed by atoms with Crippen LogP contribution in [-0.2, 0) is 9.53 Å². The van der Waals surface area contributed by atoms with Gasteiger partial charge in [0.1, 0.15) is 6.10 Å². The summed E-state index contributed by atoms with van der Waals surface area (Å²) in [5.41, 5.74) is 1.13. The number of esters is 1. The summed E-state index contributed by atoms with van der Waals surface area (Å²) in [6.45, 7) is 8.15. The normalized spacial score (nSPS) is 24.9. The Hall–Kier alpha value is -0.790. The van der Waals surface area contributed by atoms with Crippen LogP contribution in [0, 0.1) is 5.41 Å². The third-order valence-corrected chi connectivity index (χ3v) is 1.87. The molecule has 0 amide bonds. The number of hydrogen-bond donors (Lipinski definition) is 0. The van der Waals surface area contributed by atoms with Gasteiger partial charge in [-0.3, -0.25) is 0 Å². The largest absolute Gasteiger partial charge is 0.455 e. The molecule has 0 fully saturated rings. The van der Waals surface area contributed by atoms with Crippen LogP contribution in [0.2, 0.25) is 0 Å². The molecule has 0 radical (unpaired) electrons.